The molecule has 0 fully saturated rings. The number of hydrogen-bond donors (Lipinski definition) is 1. The van der Waals surface area contributed by atoms with Gasteiger partial charge in [0.2, 0.25) is 0 Å². The van der Waals surface area contributed by atoms with Crippen LogP contribution in [0.15, 0.2) is 48.9 Å². The van der Waals surface area contributed by atoms with Gasteiger partial charge >= 0.3 is 0 Å². The van der Waals surface area contributed by atoms with Crippen LogP contribution in [0.2, 0.25) is 0 Å². The highest BCUT2D eigenvalue weighted by Crippen LogP contribution is 2.38. The minimum Gasteiger partial charge on any atom is -0.482 e. The molecule has 32 heavy (non-hydrogen) atoms. The lowest BCUT2D eigenvalue weighted by molar-refractivity contribution is 0.227. The van der Waals surface area contributed by atoms with E-state index in [1.165, 1.54) is 24.4 Å². The molecule has 1 aliphatic rings. The zero-order chi connectivity index (χ0) is 22.4. The molecule has 3 aromatic heterocycles. The summed E-state index contributed by atoms with van der Waals surface area (Å²) in [4.78, 5) is 8.70. The molecular formula is C24H21F2N5O. The molecule has 5 rings (SSSR count). The Hall–Kier alpha value is -3.81. The number of halogens is 2. The van der Waals surface area contributed by atoms with Crippen LogP contribution in [-0.4, -0.2) is 19.7 Å². The van der Waals surface area contributed by atoms with Gasteiger partial charge in [-0.3, -0.25) is 9.67 Å². The van der Waals surface area contributed by atoms with Crippen LogP contribution >= 0.6 is 0 Å². The summed E-state index contributed by atoms with van der Waals surface area (Å²) in [6.07, 6.45) is 4.44. The normalized spacial score (nSPS) is 14.9. The summed E-state index contributed by atoms with van der Waals surface area (Å²) in [6.45, 7) is 4.44. The van der Waals surface area contributed by atoms with Gasteiger partial charge in [-0.25, -0.2) is 13.8 Å². The van der Waals surface area contributed by atoms with Crippen molar-refractivity contribution in [2.45, 2.75) is 32.9 Å². The fourth-order valence-electron chi connectivity index (χ4n) is 4.21. The Kier molecular flexibility index (Phi) is 4.84. The second-order valence-corrected chi connectivity index (χ2v) is 7.77. The maximum atomic E-state index is 14.2. The second-order valence-electron chi connectivity index (χ2n) is 7.77. The highest BCUT2D eigenvalue weighted by atomic mass is 19.1. The van der Waals surface area contributed by atoms with Crippen LogP contribution in [0, 0.1) is 11.6 Å². The van der Waals surface area contributed by atoms with Gasteiger partial charge in [-0.2, -0.15) is 5.10 Å². The van der Waals surface area contributed by atoms with Crippen LogP contribution in [0.1, 0.15) is 36.6 Å². The Balaban J connectivity index is 1.83. The monoisotopic (exact) mass is 433 g/mol. The standard InChI is InChI=1S/C24H21F2N5O/c1-3-31-23-15(11-30-31)6-14-7-18(26)12-28-22(14)19-5-4-17(25)9-20(19)13(2)32-21-8-16(23)10-29-24(21)27/h4-5,7-13H,3,6H2,1-2H3,(H2,27,29)/t13-/m1/s1. The summed E-state index contributed by atoms with van der Waals surface area (Å²) < 4.78 is 36.5. The van der Waals surface area contributed by atoms with Crippen LogP contribution < -0.4 is 10.5 Å². The van der Waals surface area contributed by atoms with Gasteiger partial charge in [-0.1, -0.05) is 0 Å². The smallest absolute Gasteiger partial charge is 0.166 e. The molecule has 6 nitrogen and oxygen atoms in total. The molecule has 0 spiro atoms. The summed E-state index contributed by atoms with van der Waals surface area (Å²) in [5.74, 6) is -0.209. The highest BCUT2D eigenvalue weighted by molar-refractivity contribution is 5.72. The Labute approximate surface area is 183 Å². The maximum Gasteiger partial charge on any atom is 0.166 e. The van der Waals surface area contributed by atoms with Gasteiger partial charge in [0.15, 0.2) is 11.6 Å². The number of nitrogens with zero attached hydrogens (tertiary/aromatic N) is 4. The number of hydrogen-bond acceptors (Lipinski definition) is 5. The predicted molar refractivity (Wildman–Crippen MR) is 117 cm³/mol. The zero-order valence-electron chi connectivity index (χ0n) is 17.6. The maximum absolute atomic E-state index is 14.2. The van der Waals surface area contributed by atoms with Crippen LogP contribution in [-0.2, 0) is 13.0 Å². The Bertz CT molecular complexity index is 1330. The minimum absolute atomic E-state index is 0.236. The lowest BCUT2D eigenvalue weighted by Gasteiger charge is -2.22. The van der Waals surface area contributed by atoms with Crippen molar-refractivity contribution >= 4 is 5.82 Å². The van der Waals surface area contributed by atoms with Crippen molar-refractivity contribution in [3.63, 3.8) is 0 Å². The van der Waals surface area contributed by atoms with Crippen molar-refractivity contribution in [2.24, 2.45) is 0 Å². The summed E-state index contributed by atoms with van der Waals surface area (Å²) in [6, 6.07) is 7.70. The molecule has 4 heterocycles. The fraction of sp³-hybridized carbons (Fsp3) is 0.208. The third-order valence-electron chi connectivity index (χ3n) is 5.69. The Morgan fingerprint density at radius 3 is 2.72 bits per heavy atom. The number of aromatic nitrogens is 4. The number of aryl methyl sites for hydroxylation is 1. The number of nitrogens with two attached hydrogens (primary N) is 1. The molecule has 4 aromatic rings. The first-order chi connectivity index (χ1) is 15.4. The summed E-state index contributed by atoms with van der Waals surface area (Å²) in [5, 5.41) is 4.50. The number of ether oxygens (including phenoxy) is 1. The van der Waals surface area contributed by atoms with E-state index in [2.05, 4.69) is 15.1 Å². The second kappa shape index (κ2) is 7.71. The molecule has 0 saturated carbocycles. The molecule has 8 heteroatoms. The first-order valence-corrected chi connectivity index (χ1v) is 10.4. The third-order valence-corrected chi connectivity index (χ3v) is 5.69. The van der Waals surface area contributed by atoms with E-state index in [9.17, 15) is 8.78 Å². The predicted octanol–water partition coefficient (Wildman–Crippen LogP) is 4.93. The van der Waals surface area contributed by atoms with E-state index in [-0.39, 0.29) is 5.82 Å². The molecule has 0 aliphatic carbocycles. The first kappa shape index (κ1) is 20.1. The topological polar surface area (TPSA) is 78.9 Å². The summed E-state index contributed by atoms with van der Waals surface area (Å²) in [7, 11) is 0. The van der Waals surface area contributed by atoms with Crippen molar-refractivity contribution in [1.82, 2.24) is 19.7 Å². The molecule has 0 radical (unpaired) electrons. The van der Waals surface area contributed by atoms with Crippen LogP contribution in [0.25, 0.3) is 22.5 Å². The lowest BCUT2D eigenvalue weighted by Crippen LogP contribution is -2.10. The van der Waals surface area contributed by atoms with E-state index in [4.69, 9.17) is 10.5 Å². The zero-order valence-corrected chi connectivity index (χ0v) is 17.6. The number of pyridine rings is 2. The third kappa shape index (κ3) is 3.37. The van der Waals surface area contributed by atoms with Crippen molar-refractivity contribution in [2.75, 3.05) is 5.73 Å². The number of nitrogen functional groups attached to an aromatic ring is 1. The number of rotatable bonds is 1. The molecule has 1 atom stereocenters. The van der Waals surface area contributed by atoms with E-state index in [0.29, 0.717) is 41.1 Å². The lowest BCUT2D eigenvalue weighted by atomic mass is 9.93. The molecule has 1 aliphatic heterocycles. The van der Waals surface area contributed by atoms with Gasteiger partial charge in [-0.05, 0) is 49.7 Å². The number of benzene rings is 1. The van der Waals surface area contributed by atoms with Gasteiger partial charge in [-0.15, -0.1) is 0 Å². The van der Waals surface area contributed by atoms with Gasteiger partial charge in [0, 0.05) is 41.4 Å². The van der Waals surface area contributed by atoms with Crippen molar-refractivity contribution in [3.8, 4) is 28.3 Å². The van der Waals surface area contributed by atoms with E-state index in [1.807, 2.05) is 17.7 Å². The van der Waals surface area contributed by atoms with Gasteiger partial charge in [0.05, 0.1) is 23.8 Å². The fourth-order valence-corrected chi connectivity index (χ4v) is 4.21. The van der Waals surface area contributed by atoms with E-state index >= 15 is 0 Å². The molecule has 1 aromatic carbocycles. The average molecular weight is 433 g/mol. The van der Waals surface area contributed by atoms with Crippen molar-refractivity contribution < 1.29 is 13.5 Å². The van der Waals surface area contributed by atoms with E-state index < -0.39 is 17.7 Å². The average Bonchev–Trinajstić information content (AvgIpc) is 3.17. The first-order valence-electron chi connectivity index (χ1n) is 10.4. The van der Waals surface area contributed by atoms with Crippen LogP contribution in [0.3, 0.4) is 0 Å². The number of anilines is 1. The quantitative estimate of drug-likeness (QED) is 0.460. The van der Waals surface area contributed by atoms with Crippen LogP contribution in [0.5, 0.6) is 5.75 Å². The largest absolute Gasteiger partial charge is 0.482 e. The summed E-state index contributed by atoms with van der Waals surface area (Å²) in [5.41, 5.74) is 11.1. The Morgan fingerprint density at radius 1 is 1.06 bits per heavy atom. The Morgan fingerprint density at radius 2 is 1.91 bits per heavy atom. The molecule has 162 valence electrons. The molecular weight excluding hydrogens is 412 g/mol. The van der Waals surface area contributed by atoms with Crippen molar-refractivity contribution in [3.05, 3.63) is 77.2 Å². The van der Waals surface area contributed by atoms with Gasteiger partial charge < -0.3 is 10.5 Å². The highest BCUT2D eigenvalue weighted by Gasteiger charge is 2.23. The van der Waals surface area contributed by atoms with Crippen molar-refractivity contribution in [1.29, 1.82) is 0 Å². The molecule has 0 saturated heterocycles. The van der Waals surface area contributed by atoms with Crippen LogP contribution in [0.4, 0.5) is 14.6 Å². The van der Waals surface area contributed by atoms with Gasteiger partial charge in [0.25, 0.3) is 0 Å². The number of fused-ring (bicyclic) bond motifs is 7. The minimum atomic E-state index is -0.560. The molecule has 0 amide bonds. The van der Waals surface area contributed by atoms with E-state index in [1.54, 1.807) is 25.4 Å². The SMILES string of the molecule is CCn1ncc2c1-c1cnc(N)c(c1)O[C@H](C)c1cc(F)ccc1-c1ncc(F)cc1C2. The summed E-state index contributed by atoms with van der Waals surface area (Å²) >= 11 is 0. The van der Waals surface area contributed by atoms with Gasteiger partial charge in [0.1, 0.15) is 17.7 Å². The molecule has 0 unspecified atom stereocenters. The van der Waals surface area contributed by atoms with E-state index in [0.717, 1.165) is 16.8 Å². The molecule has 2 N–H and O–H groups in total. The molecule has 2 bridgehead atoms.